The van der Waals surface area contributed by atoms with Gasteiger partial charge in [-0.2, -0.15) is 0 Å². The van der Waals surface area contributed by atoms with Crippen LogP contribution < -0.4 is 10.6 Å². The molecule has 0 radical (unpaired) electrons. The second-order valence-corrected chi connectivity index (χ2v) is 6.93. The zero-order valence-electron chi connectivity index (χ0n) is 16.2. The van der Waals surface area contributed by atoms with Gasteiger partial charge in [-0.25, -0.2) is 4.79 Å². The van der Waals surface area contributed by atoms with E-state index in [0.29, 0.717) is 12.1 Å². The van der Waals surface area contributed by atoms with E-state index in [1.807, 2.05) is 32.0 Å². The predicted octanol–water partition coefficient (Wildman–Crippen LogP) is 3.56. The molecule has 0 aromatic heterocycles. The summed E-state index contributed by atoms with van der Waals surface area (Å²) in [6, 6.07) is 12.6. The fourth-order valence-electron chi connectivity index (χ4n) is 3.30. The molecule has 1 fully saturated rings. The molecule has 0 bridgehead atoms. The lowest BCUT2D eigenvalue weighted by Crippen LogP contribution is -2.22. The van der Waals surface area contributed by atoms with Gasteiger partial charge >= 0.3 is 5.97 Å². The number of para-hydroxylation sites is 2. The monoisotopic (exact) mass is 380 g/mol. The molecule has 1 aliphatic carbocycles. The number of hydrogen-bond donors (Lipinski definition) is 2. The second kappa shape index (κ2) is 8.25. The Morgan fingerprint density at radius 3 is 2.36 bits per heavy atom. The second-order valence-electron chi connectivity index (χ2n) is 6.93. The van der Waals surface area contributed by atoms with Gasteiger partial charge in [0.2, 0.25) is 11.8 Å². The minimum atomic E-state index is -0.521. The number of anilines is 2. The Balaban J connectivity index is 1.65. The van der Waals surface area contributed by atoms with Crippen molar-refractivity contribution in [2.75, 3.05) is 17.7 Å². The first-order valence-corrected chi connectivity index (χ1v) is 9.33. The van der Waals surface area contributed by atoms with Crippen molar-refractivity contribution in [3.05, 3.63) is 59.2 Å². The standard InChI is InChI=1S/C22H24N2O4/c1-4-14-9-7-8-13(2)19(14)24-21(26)17-12-16(17)20(25)23-18-11-6-5-10-15(18)22(27)28-3/h5-11,16-17H,4,12H2,1-3H3,(H,23,25)(H,24,26). The van der Waals surface area contributed by atoms with Crippen molar-refractivity contribution in [3.8, 4) is 0 Å². The quantitative estimate of drug-likeness (QED) is 0.751. The van der Waals surface area contributed by atoms with E-state index in [0.717, 1.165) is 23.2 Å². The number of carbonyl (C=O) groups is 3. The van der Waals surface area contributed by atoms with Crippen LogP contribution in [0.15, 0.2) is 42.5 Å². The zero-order chi connectivity index (χ0) is 20.3. The molecule has 1 saturated carbocycles. The fourth-order valence-corrected chi connectivity index (χ4v) is 3.30. The van der Waals surface area contributed by atoms with E-state index < -0.39 is 11.9 Å². The van der Waals surface area contributed by atoms with Gasteiger partial charge in [-0.1, -0.05) is 37.3 Å². The van der Waals surface area contributed by atoms with E-state index in [2.05, 4.69) is 10.6 Å². The van der Waals surface area contributed by atoms with E-state index in [9.17, 15) is 14.4 Å². The normalized spacial score (nSPS) is 17.5. The molecular weight excluding hydrogens is 356 g/mol. The minimum absolute atomic E-state index is 0.148. The molecule has 6 nitrogen and oxygen atoms in total. The maximum absolute atomic E-state index is 12.6. The molecule has 0 saturated heterocycles. The maximum Gasteiger partial charge on any atom is 0.339 e. The van der Waals surface area contributed by atoms with Gasteiger partial charge in [-0.3, -0.25) is 9.59 Å². The Labute approximate surface area is 164 Å². The molecule has 0 aliphatic heterocycles. The highest BCUT2D eigenvalue weighted by molar-refractivity contribution is 6.06. The number of esters is 1. The van der Waals surface area contributed by atoms with Crippen LogP contribution in [-0.4, -0.2) is 24.9 Å². The number of carbonyl (C=O) groups excluding carboxylic acids is 3. The van der Waals surface area contributed by atoms with Gasteiger partial charge in [0.25, 0.3) is 0 Å². The number of hydrogen-bond acceptors (Lipinski definition) is 4. The summed E-state index contributed by atoms with van der Waals surface area (Å²) in [4.78, 5) is 37.0. The predicted molar refractivity (Wildman–Crippen MR) is 107 cm³/mol. The van der Waals surface area contributed by atoms with Crippen LogP contribution in [-0.2, 0) is 20.7 Å². The molecule has 1 aliphatic rings. The van der Waals surface area contributed by atoms with Crippen LogP contribution in [0.1, 0.15) is 34.8 Å². The molecule has 2 aromatic rings. The summed E-state index contributed by atoms with van der Waals surface area (Å²) in [6.07, 6.45) is 1.31. The molecule has 2 aromatic carbocycles. The van der Waals surface area contributed by atoms with Gasteiger partial charge in [0, 0.05) is 5.69 Å². The fraction of sp³-hybridized carbons (Fsp3) is 0.318. The number of amides is 2. The van der Waals surface area contributed by atoms with Gasteiger partial charge in [0.1, 0.15) is 0 Å². The average molecular weight is 380 g/mol. The van der Waals surface area contributed by atoms with Crippen molar-refractivity contribution in [3.63, 3.8) is 0 Å². The van der Waals surface area contributed by atoms with E-state index in [-0.39, 0.29) is 23.3 Å². The molecule has 2 atom stereocenters. The Morgan fingerprint density at radius 1 is 1.00 bits per heavy atom. The Kier molecular flexibility index (Phi) is 5.78. The van der Waals surface area contributed by atoms with Crippen LogP contribution in [0.4, 0.5) is 11.4 Å². The first-order chi connectivity index (χ1) is 13.5. The number of methoxy groups -OCH3 is 1. The molecule has 146 valence electrons. The van der Waals surface area contributed by atoms with Gasteiger partial charge in [0.05, 0.1) is 30.2 Å². The van der Waals surface area contributed by atoms with E-state index in [1.54, 1.807) is 24.3 Å². The number of aryl methyl sites for hydroxylation is 2. The maximum atomic E-state index is 12.6. The smallest absolute Gasteiger partial charge is 0.339 e. The Bertz CT molecular complexity index is 923. The highest BCUT2D eigenvalue weighted by atomic mass is 16.5. The third-order valence-electron chi connectivity index (χ3n) is 5.04. The topological polar surface area (TPSA) is 84.5 Å². The molecule has 2 amide bonds. The summed E-state index contributed by atoms with van der Waals surface area (Å²) in [5.41, 5.74) is 3.57. The Morgan fingerprint density at radius 2 is 1.68 bits per heavy atom. The highest BCUT2D eigenvalue weighted by Crippen LogP contribution is 2.41. The summed E-state index contributed by atoms with van der Waals surface area (Å²) in [6.45, 7) is 3.99. The first kappa shape index (κ1) is 19.6. The van der Waals surface area contributed by atoms with Crippen LogP contribution in [0.3, 0.4) is 0 Å². The molecule has 0 spiro atoms. The molecule has 0 heterocycles. The van der Waals surface area contributed by atoms with Crippen molar-refractivity contribution in [2.24, 2.45) is 11.8 Å². The largest absolute Gasteiger partial charge is 0.465 e. The SMILES string of the molecule is CCc1cccc(C)c1NC(=O)C1CC1C(=O)Nc1ccccc1C(=O)OC. The number of benzene rings is 2. The highest BCUT2D eigenvalue weighted by Gasteiger charge is 2.48. The first-order valence-electron chi connectivity index (χ1n) is 9.33. The summed E-state index contributed by atoms with van der Waals surface area (Å²) < 4.78 is 4.74. The molecular formula is C22H24N2O4. The van der Waals surface area contributed by atoms with Crippen molar-refractivity contribution in [2.45, 2.75) is 26.7 Å². The van der Waals surface area contributed by atoms with Gasteiger partial charge < -0.3 is 15.4 Å². The Hall–Kier alpha value is -3.15. The van der Waals surface area contributed by atoms with Gasteiger partial charge in [-0.15, -0.1) is 0 Å². The molecule has 28 heavy (non-hydrogen) atoms. The van der Waals surface area contributed by atoms with Gasteiger partial charge in [-0.05, 0) is 43.0 Å². The van der Waals surface area contributed by atoms with Crippen LogP contribution in [0.2, 0.25) is 0 Å². The number of rotatable bonds is 6. The van der Waals surface area contributed by atoms with E-state index >= 15 is 0 Å². The molecule has 2 unspecified atom stereocenters. The summed E-state index contributed by atoms with van der Waals surface area (Å²) in [5, 5.41) is 5.74. The molecule has 3 rings (SSSR count). The van der Waals surface area contributed by atoms with Crippen molar-refractivity contribution in [1.82, 2.24) is 0 Å². The van der Waals surface area contributed by atoms with Crippen molar-refractivity contribution in [1.29, 1.82) is 0 Å². The lowest BCUT2D eigenvalue weighted by atomic mass is 10.1. The van der Waals surface area contributed by atoms with Crippen molar-refractivity contribution < 1.29 is 19.1 Å². The van der Waals surface area contributed by atoms with Gasteiger partial charge in [0.15, 0.2) is 0 Å². The van der Waals surface area contributed by atoms with E-state index in [1.165, 1.54) is 7.11 Å². The average Bonchev–Trinajstić information content (AvgIpc) is 3.50. The zero-order valence-corrected chi connectivity index (χ0v) is 16.2. The minimum Gasteiger partial charge on any atom is -0.465 e. The molecule has 2 N–H and O–H groups in total. The van der Waals surface area contributed by atoms with Crippen molar-refractivity contribution >= 4 is 29.2 Å². The molecule has 6 heteroatoms. The number of nitrogens with one attached hydrogen (secondary N) is 2. The third-order valence-corrected chi connectivity index (χ3v) is 5.04. The van der Waals surface area contributed by atoms with E-state index in [4.69, 9.17) is 4.74 Å². The summed E-state index contributed by atoms with van der Waals surface area (Å²) in [5.74, 6) is -1.70. The van der Waals surface area contributed by atoms with Crippen LogP contribution in [0.5, 0.6) is 0 Å². The lowest BCUT2D eigenvalue weighted by Gasteiger charge is -2.13. The summed E-state index contributed by atoms with van der Waals surface area (Å²) >= 11 is 0. The van der Waals surface area contributed by atoms with Crippen LogP contribution >= 0.6 is 0 Å². The lowest BCUT2D eigenvalue weighted by molar-refractivity contribution is -0.122. The third kappa shape index (κ3) is 4.06. The van der Waals surface area contributed by atoms with Crippen LogP contribution in [0.25, 0.3) is 0 Å². The summed E-state index contributed by atoms with van der Waals surface area (Å²) in [7, 11) is 1.29. The number of ether oxygens (including phenoxy) is 1. The van der Waals surface area contributed by atoms with Crippen LogP contribution in [0, 0.1) is 18.8 Å².